The number of carbonyl (C=O) groups excluding carboxylic acids is 1. The van der Waals surface area contributed by atoms with Gasteiger partial charge in [0.25, 0.3) is 0 Å². The molecule has 3 rings (SSSR count). The second-order valence-corrected chi connectivity index (χ2v) is 7.13. The number of nitrogens with two attached hydrogens (primary N) is 1. The molecular formula is C19H23ClN4O. The first-order valence-corrected chi connectivity index (χ1v) is 8.73. The van der Waals surface area contributed by atoms with Gasteiger partial charge in [0.2, 0.25) is 5.78 Å². The molecule has 1 unspecified atom stereocenters. The van der Waals surface area contributed by atoms with Crippen molar-refractivity contribution in [1.82, 2.24) is 4.90 Å². The Kier molecular flexibility index (Phi) is 4.97. The van der Waals surface area contributed by atoms with Crippen LogP contribution in [-0.2, 0) is 4.79 Å². The Morgan fingerprint density at radius 1 is 1.28 bits per heavy atom. The summed E-state index contributed by atoms with van der Waals surface area (Å²) in [4.78, 5) is 21.0. The molecule has 25 heavy (non-hydrogen) atoms. The molecule has 0 bridgehead atoms. The average Bonchev–Trinajstić information content (AvgIpc) is 3.09. The lowest BCUT2D eigenvalue weighted by molar-refractivity contribution is -0.111. The first-order chi connectivity index (χ1) is 11.9. The van der Waals surface area contributed by atoms with Crippen LogP contribution in [-0.4, -0.2) is 49.6 Å². The highest BCUT2D eigenvalue weighted by atomic mass is 35.5. The number of anilines is 1. The maximum absolute atomic E-state index is 11.8. The van der Waals surface area contributed by atoms with Gasteiger partial charge in [-0.15, -0.1) is 0 Å². The van der Waals surface area contributed by atoms with Gasteiger partial charge < -0.3 is 15.5 Å². The Bertz CT molecular complexity index is 777. The van der Waals surface area contributed by atoms with E-state index in [1.165, 1.54) is 12.1 Å². The number of halogens is 1. The number of carbonyl (C=O) groups is 1. The first kappa shape index (κ1) is 17.7. The van der Waals surface area contributed by atoms with E-state index in [1.54, 1.807) is 13.0 Å². The van der Waals surface area contributed by atoms with Crippen molar-refractivity contribution in [2.45, 2.75) is 19.4 Å². The van der Waals surface area contributed by atoms with Crippen molar-refractivity contribution >= 4 is 34.5 Å². The van der Waals surface area contributed by atoms with Gasteiger partial charge in [0.15, 0.2) is 0 Å². The van der Waals surface area contributed by atoms with Crippen LogP contribution in [0.15, 0.2) is 51.6 Å². The van der Waals surface area contributed by atoms with Crippen LogP contribution in [0.4, 0.5) is 11.4 Å². The minimum absolute atomic E-state index is 0.0437. The fraction of sp³-hybridized carbons (Fsp3) is 0.368. The molecule has 2 aliphatic rings. The van der Waals surface area contributed by atoms with Crippen LogP contribution in [0.5, 0.6) is 0 Å². The second kappa shape index (κ2) is 7.02. The highest BCUT2D eigenvalue weighted by Crippen LogP contribution is 2.26. The van der Waals surface area contributed by atoms with Gasteiger partial charge >= 0.3 is 0 Å². The van der Waals surface area contributed by atoms with E-state index in [4.69, 9.17) is 17.3 Å². The number of hydrogen-bond donors (Lipinski definition) is 1. The smallest absolute Gasteiger partial charge is 0.202 e. The summed E-state index contributed by atoms with van der Waals surface area (Å²) < 4.78 is 0. The lowest BCUT2D eigenvalue weighted by Crippen LogP contribution is -2.31. The van der Waals surface area contributed by atoms with Crippen molar-refractivity contribution in [2.75, 3.05) is 32.1 Å². The van der Waals surface area contributed by atoms with Gasteiger partial charge in [0.1, 0.15) is 5.03 Å². The maximum Gasteiger partial charge on any atom is 0.202 e. The van der Waals surface area contributed by atoms with Crippen LogP contribution < -0.4 is 10.6 Å². The Balaban J connectivity index is 1.79. The van der Waals surface area contributed by atoms with E-state index in [2.05, 4.69) is 41.0 Å². The fourth-order valence-corrected chi connectivity index (χ4v) is 3.37. The summed E-state index contributed by atoms with van der Waals surface area (Å²) in [7, 11) is 4.25. The molecule has 0 aromatic heterocycles. The molecule has 1 aliphatic carbocycles. The van der Waals surface area contributed by atoms with E-state index in [-0.39, 0.29) is 16.5 Å². The van der Waals surface area contributed by atoms with Crippen LogP contribution >= 0.6 is 11.6 Å². The zero-order valence-electron chi connectivity index (χ0n) is 14.8. The third kappa shape index (κ3) is 3.62. The van der Waals surface area contributed by atoms with Gasteiger partial charge in [-0.3, -0.25) is 4.79 Å². The number of rotatable bonds is 3. The molecule has 1 atom stereocenters. The monoisotopic (exact) mass is 358 g/mol. The zero-order valence-corrected chi connectivity index (χ0v) is 15.5. The van der Waals surface area contributed by atoms with E-state index in [9.17, 15) is 4.79 Å². The van der Waals surface area contributed by atoms with Crippen molar-refractivity contribution in [3.63, 3.8) is 0 Å². The van der Waals surface area contributed by atoms with Crippen molar-refractivity contribution in [1.29, 1.82) is 0 Å². The Morgan fingerprint density at radius 2 is 1.96 bits per heavy atom. The molecule has 1 aromatic carbocycles. The highest BCUT2D eigenvalue weighted by molar-refractivity contribution is 6.49. The van der Waals surface area contributed by atoms with Crippen molar-refractivity contribution < 1.29 is 4.79 Å². The molecule has 0 amide bonds. The molecule has 1 heterocycles. The van der Waals surface area contributed by atoms with E-state index in [1.807, 2.05) is 12.1 Å². The maximum atomic E-state index is 11.8. The van der Waals surface area contributed by atoms with Crippen molar-refractivity contribution in [2.24, 2.45) is 10.7 Å². The number of Topliss-reactive ketones (excluding diaryl/α,β-unsaturated/α-hetero) is 1. The summed E-state index contributed by atoms with van der Waals surface area (Å²) >= 11 is 6.00. The summed E-state index contributed by atoms with van der Waals surface area (Å²) in [5.41, 5.74) is 9.22. The van der Waals surface area contributed by atoms with Gasteiger partial charge in [-0.1, -0.05) is 11.6 Å². The molecule has 1 aliphatic heterocycles. The van der Waals surface area contributed by atoms with Gasteiger partial charge in [0.05, 0.1) is 17.1 Å². The van der Waals surface area contributed by atoms with Gasteiger partial charge in [0, 0.05) is 30.4 Å². The fourth-order valence-electron chi connectivity index (χ4n) is 3.12. The van der Waals surface area contributed by atoms with Gasteiger partial charge in [-0.25, -0.2) is 4.99 Å². The summed E-state index contributed by atoms with van der Waals surface area (Å²) in [5.74, 6) is -0.238. The van der Waals surface area contributed by atoms with Crippen LogP contribution in [0.1, 0.15) is 13.3 Å². The molecule has 1 aromatic rings. The molecule has 6 heteroatoms. The predicted molar refractivity (Wildman–Crippen MR) is 104 cm³/mol. The topological polar surface area (TPSA) is 61.9 Å². The standard InChI is InChI=1S/C19H23ClN4O/c1-12-10-16(18(21)17(20)19(12)25)22-13-4-6-14(7-5-13)24-9-8-15(11-24)23(2)3/h4-7,10,15H,8-9,11,21H2,1-3H3. The highest BCUT2D eigenvalue weighted by Gasteiger charge is 2.24. The Morgan fingerprint density at radius 3 is 2.56 bits per heavy atom. The largest absolute Gasteiger partial charge is 0.396 e. The third-order valence-corrected chi connectivity index (χ3v) is 5.16. The summed E-state index contributed by atoms with van der Waals surface area (Å²) in [5, 5.41) is 0.0437. The lowest BCUT2D eigenvalue weighted by atomic mass is 10.0. The number of benzene rings is 1. The third-order valence-electron chi connectivity index (χ3n) is 4.78. The Labute approximate surface area is 153 Å². The van der Waals surface area contributed by atoms with Gasteiger partial charge in [-0.05, 0) is 57.8 Å². The van der Waals surface area contributed by atoms with E-state index >= 15 is 0 Å². The zero-order chi connectivity index (χ0) is 18.1. The number of allylic oxidation sites excluding steroid dienone is 3. The molecule has 0 saturated carbocycles. The van der Waals surface area contributed by atoms with Crippen LogP contribution in [0.2, 0.25) is 0 Å². The Hall–Kier alpha value is -2.11. The minimum atomic E-state index is -0.238. The molecule has 5 nitrogen and oxygen atoms in total. The van der Waals surface area contributed by atoms with Crippen LogP contribution in [0.25, 0.3) is 0 Å². The molecule has 132 valence electrons. The van der Waals surface area contributed by atoms with Crippen molar-refractivity contribution in [3.05, 3.63) is 46.6 Å². The van der Waals surface area contributed by atoms with E-state index in [0.29, 0.717) is 17.3 Å². The van der Waals surface area contributed by atoms with Gasteiger partial charge in [-0.2, -0.15) is 0 Å². The average molecular weight is 359 g/mol. The first-order valence-electron chi connectivity index (χ1n) is 8.35. The number of aliphatic imine (C=N–C) groups is 1. The van der Waals surface area contributed by atoms with E-state index in [0.717, 1.165) is 18.8 Å². The summed E-state index contributed by atoms with van der Waals surface area (Å²) in [6.45, 7) is 3.81. The van der Waals surface area contributed by atoms with E-state index < -0.39 is 0 Å². The SMILES string of the molecule is CC1=CC(=Nc2ccc(N3CCC(N(C)C)C3)cc2)C(N)=C(Cl)C1=O. The normalized spacial score (nSPS) is 23.0. The summed E-state index contributed by atoms with van der Waals surface area (Å²) in [6, 6.07) is 8.67. The number of likely N-dealkylation sites (N-methyl/N-ethyl adjacent to an activating group) is 1. The molecule has 2 N–H and O–H groups in total. The number of hydrogen-bond acceptors (Lipinski definition) is 5. The lowest BCUT2D eigenvalue weighted by Gasteiger charge is -2.21. The molecule has 1 fully saturated rings. The molecule has 0 radical (unpaired) electrons. The quantitative estimate of drug-likeness (QED) is 0.844. The van der Waals surface area contributed by atoms with Crippen LogP contribution in [0, 0.1) is 0 Å². The second-order valence-electron chi connectivity index (χ2n) is 6.75. The molecular weight excluding hydrogens is 336 g/mol. The minimum Gasteiger partial charge on any atom is -0.396 e. The number of ketones is 1. The molecule has 1 saturated heterocycles. The van der Waals surface area contributed by atoms with Crippen molar-refractivity contribution in [3.8, 4) is 0 Å². The molecule has 0 spiro atoms. The predicted octanol–water partition coefficient (Wildman–Crippen LogP) is 2.84. The van der Waals surface area contributed by atoms with Crippen LogP contribution in [0.3, 0.4) is 0 Å². The number of nitrogens with zero attached hydrogens (tertiary/aromatic N) is 3. The summed E-state index contributed by atoms with van der Waals surface area (Å²) in [6.07, 6.45) is 2.86.